The SMILES string of the molecule is C[n+]1c2ccccc2cc2[nH]c3cc([N+](=O)[O-])cc([N+](=O)[O-])c3c21. The Labute approximate surface area is 134 Å². The lowest BCUT2D eigenvalue weighted by Crippen LogP contribution is -2.29. The van der Waals surface area contributed by atoms with E-state index < -0.39 is 9.85 Å². The number of hydrogen-bond acceptors (Lipinski definition) is 4. The highest BCUT2D eigenvalue weighted by molar-refractivity contribution is 6.10. The summed E-state index contributed by atoms with van der Waals surface area (Å²) >= 11 is 0. The number of H-pyrrole nitrogens is 1. The Hall–Kier alpha value is -3.55. The van der Waals surface area contributed by atoms with Crippen LogP contribution in [0.4, 0.5) is 11.4 Å². The quantitative estimate of drug-likeness (QED) is 0.347. The van der Waals surface area contributed by atoms with Crippen LogP contribution in [0, 0.1) is 20.2 Å². The van der Waals surface area contributed by atoms with E-state index in [1.807, 2.05) is 41.9 Å². The molecular formula is C16H11N4O4+. The van der Waals surface area contributed by atoms with Gasteiger partial charge in [-0.2, -0.15) is 4.57 Å². The first-order chi connectivity index (χ1) is 11.5. The fourth-order valence-corrected chi connectivity index (χ4v) is 3.19. The molecule has 0 saturated carbocycles. The molecule has 8 nitrogen and oxygen atoms in total. The first-order valence-corrected chi connectivity index (χ1v) is 7.13. The van der Waals surface area contributed by atoms with Crippen LogP contribution in [0.15, 0.2) is 42.5 Å². The highest BCUT2D eigenvalue weighted by atomic mass is 16.6. The van der Waals surface area contributed by atoms with Gasteiger partial charge in [-0.1, -0.05) is 12.1 Å². The maximum atomic E-state index is 11.5. The number of hydrogen-bond donors (Lipinski definition) is 1. The van der Waals surface area contributed by atoms with Crippen molar-refractivity contribution in [2.24, 2.45) is 7.05 Å². The van der Waals surface area contributed by atoms with E-state index in [0.29, 0.717) is 21.9 Å². The molecule has 2 aromatic carbocycles. The third kappa shape index (κ3) is 1.83. The standard InChI is InChI=1S/C16H10N4O4/c1-18-13-5-3-2-4-9(13)6-12-16(18)15-11(17-12)7-10(19(21)22)8-14(15)20(23)24/h2-8H,1H3/p+1. The number of fused-ring (bicyclic) bond motifs is 4. The van der Waals surface area contributed by atoms with E-state index in [2.05, 4.69) is 4.98 Å². The van der Waals surface area contributed by atoms with Gasteiger partial charge >= 0.3 is 0 Å². The number of aromatic amines is 1. The summed E-state index contributed by atoms with van der Waals surface area (Å²) < 4.78 is 1.86. The van der Waals surface area contributed by atoms with Gasteiger partial charge in [-0.25, -0.2) is 0 Å². The van der Waals surface area contributed by atoms with Gasteiger partial charge in [0, 0.05) is 17.5 Å². The molecule has 0 aliphatic rings. The van der Waals surface area contributed by atoms with Crippen LogP contribution in [0.1, 0.15) is 0 Å². The largest absolute Gasteiger partial charge is 0.349 e. The molecule has 0 bridgehead atoms. The van der Waals surface area contributed by atoms with Crippen molar-refractivity contribution in [3.63, 3.8) is 0 Å². The summed E-state index contributed by atoms with van der Waals surface area (Å²) in [6.07, 6.45) is 0. The number of nitrogens with zero attached hydrogens (tertiary/aromatic N) is 3. The molecule has 0 saturated heterocycles. The molecule has 0 amide bonds. The van der Waals surface area contributed by atoms with Crippen molar-refractivity contribution in [3.8, 4) is 0 Å². The normalized spacial score (nSPS) is 11.4. The van der Waals surface area contributed by atoms with Crippen molar-refractivity contribution in [1.82, 2.24) is 4.98 Å². The first-order valence-electron chi connectivity index (χ1n) is 7.13. The Morgan fingerprint density at radius 1 is 1.00 bits per heavy atom. The third-order valence-electron chi connectivity index (χ3n) is 4.20. The molecule has 118 valence electrons. The fraction of sp³-hybridized carbons (Fsp3) is 0.0625. The lowest BCUT2D eigenvalue weighted by molar-refractivity contribution is -0.616. The monoisotopic (exact) mass is 323 g/mol. The second-order valence-electron chi connectivity index (χ2n) is 5.55. The minimum absolute atomic E-state index is 0.281. The minimum Gasteiger partial charge on any atom is -0.349 e. The zero-order chi connectivity index (χ0) is 17.0. The van der Waals surface area contributed by atoms with Gasteiger partial charge in [-0.3, -0.25) is 20.2 Å². The average molecular weight is 323 g/mol. The Kier molecular flexibility index (Phi) is 2.77. The second kappa shape index (κ2) is 4.72. The van der Waals surface area contributed by atoms with Crippen LogP contribution < -0.4 is 4.57 Å². The van der Waals surface area contributed by atoms with Crippen LogP contribution >= 0.6 is 0 Å². The molecular weight excluding hydrogens is 312 g/mol. The predicted octanol–water partition coefficient (Wildman–Crippen LogP) is 3.12. The van der Waals surface area contributed by atoms with E-state index in [4.69, 9.17) is 0 Å². The Balaban J connectivity index is 2.27. The Morgan fingerprint density at radius 2 is 1.75 bits per heavy atom. The first kappa shape index (κ1) is 14.1. The van der Waals surface area contributed by atoms with E-state index >= 15 is 0 Å². The summed E-state index contributed by atoms with van der Waals surface area (Å²) in [5.41, 5.74) is 2.03. The van der Waals surface area contributed by atoms with Gasteiger partial charge in [0.05, 0.1) is 21.4 Å². The number of aromatic nitrogens is 2. The summed E-state index contributed by atoms with van der Waals surface area (Å²) in [5.74, 6) is 0. The fourth-order valence-electron chi connectivity index (χ4n) is 3.19. The number of benzene rings is 2. The molecule has 0 fully saturated rings. The molecule has 2 aromatic heterocycles. The molecule has 0 aliphatic carbocycles. The highest BCUT2D eigenvalue weighted by Gasteiger charge is 2.28. The predicted molar refractivity (Wildman–Crippen MR) is 87.8 cm³/mol. The molecule has 0 unspecified atom stereocenters. The zero-order valence-corrected chi connectivity index (χ0v) is 12.5. The number of nitro benzene ring substituents is 2. The maximum absolute atomic E-state index is 11.5. The van der Waals surface area contributed by atoms with Crippen molar-refractivity contribution < 1.29 is 14.4 Å². The molecule has 8 heteroatoms. The van der Waals surface area contributed by atoms with Crippen molar-refractivity contribution in [2.45, 2.75) is 0 Å². The van der Waals surface area contributed by atoms with Gasteiger partial charge < -0.3 is 4.98 Å². The Bertz CT molecular complexity index is 1180. The van der Waals surface area contributed by atoms with Gasteiger partial charge in [0.15, 0.2) is 0 Å². The summed E-state index contributed by atoms with van der Waals surface area (Å²) in [7, 11) is 1.82. The van der Waals surface area contributed by atoms with Gasteiger partial charge in [0.2, 0.25) is 11.0 Å². The molecule has 1 N–H and O–H groups in total. The number of nitro groups is 2. The second-order valence-corrected chi connectivity index (χ2v) is 5.55. The third-order valence-corrected chi connectivity index (χ3v) is 4.20. The van der Waals surface area contributed by atoms with Crippen molar-refractivity contribution >= 4 is 44.2 Å². The number of non-ortho nitro benzene ring substituents is 2. The van der Waals surface area contributed by atoms with E-state index in [-0.39, 0.29) is 11.4 Å². The summed E-state index contributed by atoms with van der Waals surface area (Å²) in [6.45, 7) is 0. The van der Waals surface area contributed by atoms with Crippen LogP contribution in [0.5, 0.6) is 0 Å². The molecule has 4 aromatic rings. The molecule has 0 radical (unpaired) electrons. The van der Waals surface area contributed by atoms with Crippen molar-refractivity contribution in [1.29, 1.82) is 0 Å². The number of nitrogens with one attached hydrogen (secondary N) is 1. The van der Waals surface area contributed by atoms with E-state index in [1.54, 1.807) is 0 Å². The van der Waals surface area contributed by atoms with Crippen molar-refractivity contribution in [2.75, 3.05) is 0 Å². The highest BCUT2D eigenvalue weighted by Crippen LogP contribution is 2.35. The molecule has 24 heavy (non-hydrogen) atoms. The van der Waals surface area contributed by atoms with Gasteiger partial charge in [-0.15, -0.1) is 0 Å². The van der Waals surface area contributed by atoms with Crippen LogP contribution in [0.25, 0.3) is 32.8 Å². The van der Waals surface area contributed by atoms with Crippen LogP contribution in [0.3, 0.4) is 0 Å². The minimum atomic E-state index is -0.631. The van der Waals surface area contributed by atoms with E-state index in [1.165, 1.54) is 6.07 Å². The molecule has 2 heterocycles. The van der Waals surface area contributed by atoms with E-state index in [9.17, 15) is 20.2 Å². The summed E-state index contributed by atoms with van der Waals surface area (Å²) in [4.78, 5) is 24.4. The smallest absolute Gasteiger partial charge is 0.292 e. The number of pyridine rings is 1. The zero-order valence-electron chi connectivity index (χ0n) is 12.5. The Morgan fingerprint density at radius 3 is 2.46 bits per heavy atom. The van der Waals surface area contributed by atoms with Crippen LogP contribution in [0.2, 0.25) is 0 Å². The van der Waals surface area contributed by atoms with Gasteiger partial charge in [0.25, 0.3) is 11.4 Å². The molecule has 0 atom stereocenters. The molecule has 4 rings (SSSR count). The van der Waals surface area contributed by atoms with Crippen molar-refractivity contribution in [3.05, 3.63) is 62.7 Å². The van der Waals surface area contributed by atoms with Crippen LogP contribution in [-0.4, -0.2) is 14.8 Å². The number of rotatable bonds is 2. The van der Waals surface area contributed by atoms with Crippen LogP contribution in [-0.2, 0) is 7.05 Å². The number of para-hydroxylation sites is 1. The molecule has 0 aliphatic heterocycles. The molecule has 0 spiro atoms. The summed E-state index contributed by atoms with van der Waals surface area (Å²) in [6, 6.07) is 11.9. The maximum Gasteiger partial charge on any atom is 0.292 e. The van der Waals surface area contributed by atoms with Gasteiger partial charge in [0.1, 0.15) is 18.0 Å². The lowest BCUT2D eigenvalue weighted by Gasteiger charge is -1.99. The number of aryl methyl sites for hydroxylation is 1. The van der Waals surface area contributed by atoms with Gasteiger partial charge in [-0.05, 0) is 12.1 Å². The summed E-state index contributed by atoms with van der Waals surface area (Å²) in [5, 5.41) is 23.9. The average Bonchev–Trinajstić information content (AvgIpc) is 2.92. The van der Waals surface area contributed by atoms with E-state index in [0.717, 1.165) is 17.0 Å². The topological polar surface area (TPSA) is 106 Å². The lowest BCUT2D eigenvalue weighted by atomic mass is 10.1.